The molecule has 0 radical (unpaired) electrons. The van der Waals surface area contributed by atoms with E-state index in [1.54, 1.807) is 24.4 Å². The Morgan fingerprint density at radius 3 is 2.77 bits per heavy atom. The third kappa shape index (κ3) is 4.36. The van der Waals surface area contributed by atoms with Crippen molar-refractivity contribution in [3.8, 4) is 0 Å². The van der Waals surface area contributed by atoms with E-state index in [4.69, 9.17) is 0 Å². The van der Waals surface area contributed by atoms with E-state index in [0.717, 1.165) is 16.9 Å². The van der Waals surface area contributed by atoms with Crippen molar-refractivity contribution in [1.29, 1.82) is 0 Å². The second-order valence-electron chi connectivity index (χ2n) is 5.47. The first-order valence-corrected chi connectivity index (χ1v) is 7.93. The van der Waals surface area contributed by atoms with Crippen LogP contribution in [0.5, 0.6) is 0 Å². The molecule has 128 valence electrons. The van der Waals surface area contributed by atoms with Crippen LogP contribution < -0.4 is 16.0 Å². The summed E-state index contributed by atoms with van der Waals surface area (Å²) >= 11 is 0. The number of hydrogen-bond donors (Lipinski definition) is 3. The van der Waals surface area contributed by atoms with Gasteiger partial charge < -0.3 is 16.0 Å². The Hall–Kier alpha value is -3.85. The molecular weight excluding hydrogens is 326 g/mol. The van der Waals surface area contributed by atoms with E-state index in [-0.39, 0.29) is 5.91 Å². The fraction of sp³-hybridized carbons (Fsp3) is 0.0500. The second-order valence-corrected chi connectivity index (χ2v) is 5.47. The predicted octanol–water partition coefficient (Wildman–Crippen LogP) is 4.00. The van der Waals surface area contributed by atoms with Crippen LogP contribution in [0.15, 0.2) is 61.3 Å². The standard InChI is InChI=1S/C20H17N5O/c1-3-18(26)22-16-10-7-11-17(12-16)23-19-14(2)13-21-20(25-19)24-15-8-5-4-6-9-15/h3,5,7-13H,1H2,2H3,(H,22,26)(H2,21,23,24,25). The molecule has 0 aliphatic heterocycles. The van der Waals surface area contributed by atoms with Crippen LogP contribution in [0.4, 0.5) is 28.8 Å². The van der Waals surface area contributed by atoms with E-state index in [2.05, 4.69) is 44.6 Å². The Morgan fingerprint density at radius 2 is 2.00 bits per heavy atom. The Balaban J connectivity index is 1.79. The van der Waals surface area contributed by atoms with Crippen LogP contribution in [-0.4, -0.2) is 15.9 Å². The van der Waals surface area contributed by atoms with Gasteiger partial charge in [0.25, 0.3) is 0 Å². The van der Waals surface area contributed by atoms with E-state index >= 15 is 0 Å². The van der Waals surface area contributed by atoms with Crippen molar-refractivity contribution in [3.63, 3.8) is 0 Å². The number of amides is 1. The largest absolute Gasteiger partial charge is 0.340 e. The minimum atomic E-state index is -0.260. The molecule has 0 aliphatic carbocycles. The van der Waals surface area contributed by atoms with Gasteiger partial charge >= 0.3 is 0 Å². The molecular formula is C20H17N5O. The first-order chi connectivity index (χ1) is 12.6. The summed E-state index contributed by atoms with van der Waals surface area (Å²) in [6.07, 6.45) is 2.96. The van der Waals surface area contributed by atoms with Gasteiger partial charge in [-0.3, -0.25) is 4.79 Å². The molecule has 0 atom stereocenters. The highest BCUT2D eigenvalue weighted by molar-refractivity contribution is 5.99. The lowest BCUT2D eigenvalue weighted by molar-refractivity contribution is -0.111. The molecule has 3 aromatic rings. The molecule has 3 N–H and O–H groups in total. The summed E-state index contributed by atoms with van der Waals surface area (Å²) in [5, 5.41) is 9.10. The highest BCUT2D eigenvalue weighted by Gasteiger charge is 2.06. The zero-order valence-corrected chi connectivity index (χ0v) is 14.2. The molecule has 26 heavy (non-hydrogen) atoms. The van der Waals surface area contributed by atoms with Crippen molar-refractivity contribution < 1.29 is 4.79 Å². The van der Waals surface area contributed by atoms with Crippen LogP contribution in [0.2, 0.25) is 0 Å². The van der Waals surface area contributed by atoms with Gasteiger partial charge in [-0.15, -0.1) is 0 Å². The molecule has 0 unspecified atom stereocenters. The van der Waals surface area contributed by atoms with Gasteiger partial charge in [0.2, 0.25) is 11.9 Å². The minimum absolute atomic E-state index is 0.260. The van der Waals surface area contributed by atoms with Crippen molar-refractivity contribution >= 4 is 34.7 Å². The van der Waals surface area contributed by atoms with Crippen molar-refractivity contribution in [2.75, 3.05) is 16.0 Å². The van der Waals surface area contributed by atoms with Gasteiger partial charge in [0.15, 0.2) is 0 Å². The van der Waals surface area contributed by atoms with Gasteiger partial charge in [-0.1, -0.05) is 24.8 Å². The maximum atomic E-state index is 11.4. The highest BCUT2D eigenvalue weighted by Crippen LogP contribution is 2.22. The predicted molar refractivity (Wildman–Crippen MR) is 103 cm³/mol. The molecule has 6 heteroatoms. The number of aryl methyl sites for hydroxylation is 1. The average molecular weight is 343 g/mol. The molecule has 0 fully saturated rings. The van der Waals surface area contributed by atoms with Gasteiger partial charge in [-0.2, -0.15) is 4.98 Å². The third-order valence-corrected chi connectivity index (χ3v) is 3.46. The Bertz CT molecular complexity index is 924. The number of aromatic nitrogens is 2. The van der Waals surface area contributed by atoms with Gasteiger partial charge in [0.05, 0.1) is 0 Å². The molecule has 0 saturated heterocycles. The average Bonchev–Trinajstić information content (AvgIpc) is 2.65. The molecule has 1 aromatic heterocycles. The quantitative estimate of drug-likeness (QED) is 0.590. The number of anilines is 5. The molecule has 0 bridgehead atoms. The summed E-state index contributed by atoms with van der Waals surface area (Å²) in [5.41, 5.74) is 3.18. The number of carbonyl (C=O) groups is 1. The van der Waals surface area contributed by atoms with E-state index < -0.39 is 0 Å². The molecule has 0 spiro atoms. The number of nitrogens with zero attached hydrogens (tertiary/aromatic N) is 2. The summed E-state index contributed by atoms with van der Waals surface area (Å²) in [5.74, 6) is 0.874. The van der Waals surface area contributed by atoms with Crippen LogP contribution in [0, 0.1) is 19.1 Å². The maximum absolute atomic E-state index is 11.4. The van der Waals surface area contributed by atoms with Crippen LogP contribution in [0.3, 0.4) is 0 Å². The third-order valence-electron chi connectivity index (χ3n) is 3.46. The van der Waals surface area contributed by atoms with Crippen LogP contribution in [0.25, 0.3) is 0 Å². The lowest BCUT2D eigenvalue weighted by atomic mass is 10.2. The fourth-order valence-electron chi connectivity index (χ4n) is 2.19. The van der Waals surface area contributed by atoms with E-state index in [9.17, 15) is 4.79 Å². The fourth-order valence-corrected chi connectivity index (χ4v) is 2.19. The number of benzene rings is 1. The van der Waals surface area contributed by atoms with E-state index in [0.29, 0.717) is 17.5 Å². The van der Waals surface area contributed by atoms with E-state index in [1.165, 1.54) is 6.08 Å². The summed E-state index contributed by atoms with van der Waals surface area (Å²) in [4.78, 5) is 20.2. The molecule has 3 rings (SSSR count). The van der Waals surface area contributed by atoms with Crippen molar-refractivity contribution in [1.82, 2.24) is 9.97 Å². The number of carbonyl (C=O) groups excluding carboxylic acids is 1. The Kier molecular flexibility index (Phi) is 5.11. The highest BCUT2D eigenvalue weighted by atomic mass is 16.1. The molecule has 2 aromatic carbocycles. The summed E-state index contributed by atoms with van der Waals surface area (Å²) < 4.78 is 0. The SMILES string of the molecule is C=CC(=O)Nc1cccc(Nc2nc(Nc3cc#ccc3)ncc2C)c1. The molecule has 0 saturated carbocycles. The normalized spacial score (nSPS) is 9.73. The molecule has 0 aliphatic rings. The molecule has 6 nitrogen and oxygen atoms in total. The number of hydrogen-bond acceptors (Lipinski definition) is 5. The van der Waals surface area contributed by atoms with E-state index in [1.807, 2.05) is 31.2 Å². The first-order valence-electron chi connectivity index (χ1n) is 7.93. The van der Waals surface area contributed by atoms with Crippen LogP contribution >= 0.6 is 0 Å². The monoisotopic (exact) mass is 343 g/mol. The lowest BCUT2D eigenvalue weighted by Crippen LogP contribution is -2.07. The topological polar surface area (TPSA) is 78.9 Å². The Labute approximate surface area is 152 Å². The summed E-state index contributed by atoms with van der Waals surface area (Å²) in [6.45, 7) is 5.36. The van der Waals surface area contributed by atoms with Gasteiger partial charge in [-0.25, -0.2) is 4.98 Å². The number of rotatable bonds is 6. The molecule has 1 heterocycles. The molecule has 1 amide bonds. The Morgan fingerprint density at radius 1 is 1.15 bits per heavy atom. The zero-order valence-electron chi connectivity index (χ0n) is 14.2. The van der Waals surface area contributed by atoms with Crippen molar-refractivity contribution in [3.05, 3.63) is 79.0 Å². The van der Waals surface area contributed by atoms with Gasteiger partial charge in [-0.05, 0) is 43.3 Å². The number of nitrogens with one attached hydrogen (secondary N) is 3. The summed E-state index contributed by atoms with van der Waals surface area (Å²) in [7, 11) is 0. The summed E-state index contributed by atoms with van der Waals surface area (Å²) in [6, 6.07) is 18.4. The zero-order chi connectivity index (χ0) is 18.4. The lowest BCUT2D eigenvalue weighted by Gasteiger charge is -2.12. The van der Waals surface area contributed by atoms with Gasteiger partial charge in [0, 0.05) is 34.9 Å². The van der Waals surface area contributed by atoms with Crippen molar-refractivity contribution in [2.45, 2.75) is 6.92 Å². The first kappa shape index (κ1) is 17.0. The smallest absolute Gasteiger partial charge is 0.247 e. The minimum Gasteiger partial charge on any atom is -0.340 e. The van der Waals surface area contributed by atoms with Crippen LogP contribution in [-0.2, 0) is 4.79 Å². The van der Waals surface area contributed by atoms with Crippen LogP contribution in [0.1, 0.15) is 5.56 Å². The van der Waals surface area contributed by atoms with Crippen molar-refractivity contribution in [2.24, 2.45) is 0 Å². The maximum Gasteiger partial charge on any atom is 0.247 e. The van der Waals surface area contributed by atoms with Gasteiger partial charge in [0.1, 0.15) is 5.82 Å². The second kappa shape index (κ2) is 7.81.